The van der Waals surface area contributed by atoms with Gasteiger partial charge >= 0.3 is 6.36 Å². The maximum absolute atomic E-state index is 13.7. The molecule has 0 fully saturated rings. The van der Waals surface area contributed by atoms with Gasteiger partial charge < -0.3 is 14.6 Å². The molecule has 0 amide bonds. The van der Waals surface area contributed by atoms with Crippen LogP contribution in [-0.2, 0) is 10.0 Å². The van der Waals surface area contributed by atoms with Crippen molar-refractivity contribution < 1.29 is 36.2 Å². The van der Waals surface area contributed by atoms with Crippen molar-refractivity contribution in [2.75, 3.05) is 7.11 Å². The molecule has 0 spiro atoms. The van der Waals surface area contributed by atoms with Gasteiger partial charge in [-0.1, -0.05) is 22.9 Å². The lowest BCUT2D eigenvalue weighted by Gasteiger charge is -2.14. The molecule has 3 aromatic carbocycles. The number of benzene rings is 3. The summed E-state index contributed by atoms with van der Waals surface area (Å²) in [5.41, 5.74) is 0.826. The molecule has 1 heterocycles. The third-order valence-electron chi connectivity index (χ3n) is 5.88. The fourth-order valence-corrected chi connectivity index (χ4v) is 5.77. The topological polar surface area (TPSA) is 107 Å². The Bertz CT molecular complexity index is 1600. The lowest BCUT2D eigenvalue weighted by Crippen LogP contribution is -2.17. The van der Waals surface area contributed by atoms with Crippen LogP contribution in [0.15, 0.2) is 70.7 Å². The molecular weight excluding hydrogens is 513 g/mol. The Morgan fingerprint density at radius 3 is 2.19 bits per heavy atom. The molecule has 37 heavy (non-hydrogen) atoms. The van der Waals surface area contributed by atoms with E-state index in [0.29, 0.717) is 5.75 Å². The minimum atomic E-state index is -5.01. The number of methoxy groups -OCH3 is 1. The number of alkyl halides is 3. The third-order valence-corrected chi connectivity index (χ3v) is 7.70. The van der Waals surface area contributed by atoms with Gasteiger partial charge in [0, 0.05) is 34.3 Å². The normalized spacial score (nSPS) is 12.9. The van der Waals surface area contributed by atoms with Crippen LogP contribution >= 0.6 is 0 Å². The van der Waals surface area contributed by atoms with Crippen LogP contribution < -0.4 is 9.47 Å². The SMILES string of the molecule is COc1ccc(C(N=O)c2c(C)n(S(=O)(=O)c3ccc(C)cc3)c3cc(OC(F)(F)F)ccc23)c(O)c1. The Morgan fingerprint density at radius 2 is 1.62 bits per heavy atom. The Kier molecular flexibility index (Phi) is 6.63. The van der Waals surface area contributed by atoms with Crippen LogP contribution in [0.2, 0.25) is 0 Å². The fourth-order valence-electron chi connectivity index (χ4n) is 4.21. The molecular formula is C25H21F3N2O6S. The zero-order valence-electron chi connectivity index (χ0n) is 19.8. The molecule has 8 nitrogen and oxygen atoms in total. The molecule has 0 saturated carbocycles. The first-order valence-corrected chi connectivity index (χ1v) is 12.2. The first kappa shape index (κ1) is 26.0. The summed E-state index contributed by atoms with van der Waals surface area (Å²) in [4.78, 5) is 12.0. The number of aryl methyl sites for hydroxylation is 1. The monoisotopic (exact) mass is 534 g/mol. The molecule has 0 aliphatic rings. The van der Waals surface area contributed by atoms with Gasteiger partial charge in [0.2, 0.25) is 0 Å². The summed E-state index contributed by atoms with van der Waals surface area (Å²) in [6, 6.07) is 11.8. The van der Waals surface area contributed by atoms with Gasteiger partial charge in [-0.2, -0.15) is 0 Å². The second kappa shape index (κ2) is 9.43. The Morgan fingerprint density at radius 1 is 0.973 bits per heavy atom. The Balaban J connectivity index is 2.03. The molecule has 194 valence electrons. The number of hydrogen-bond acceptors (Lipinski definition) is 7. The van der Waals surface area contributed by atoms with E-state index < -0.39 is 28.2 Å². The van der Waals surface area contributed by atoms with Crippen molar-refractivity contribution in [3.63, 3.8) is 0 Å². The minimum Gasteiger partial charge on any atom is -0.507 e. The number of rotatable bonds is 7. The molecule has 1 aromatic heterocycles. The van der Waals surface area contributed by atoms with Crippen LogP contribution in [0.1, 0.15) is 28.4 Å². The van der Waals surface area contributed by atoms with Crippen molar-refractivity contribution in [1.82, 2.24) is 3.97 Å². The number of halogens is 3. The quantitative estimate of drug-likeness (QED) is 0.293. The molecule has 0 aliphatic carbocycles. The van der Waals surface area contributed by atoms with Gasteiger partial charge in [0.15, 0.2) is 0 Å². The average Bonchev–Trinajstić information content (AvgIpc) is 3.11. The molecule has 1 unspecified atom stereocenters. The summed E-state index contributed by atoms with van der Waals surface area (Å²) in [7, 11) is -2.96. The second-order valence-electron chi connectivity index (χ2n) is 8.24. The number of aromatic nitrogens is 1. The van der Waals surface area contributed by atoms with E-state index in [2.05, 4.69) is 9.91 Å². The Labute approximate surface area is 209 Å². The highest BCUT2D eigenvalue weighted by Crippen LogP contribution is 2.42. The molecule has 0 bridgehead atoms. The van der Waals surface area contributed by atoms with Crippen molar-refractivity contribution in [2.24, 2.45) is 5.18 Å². The van der Waals surface area contributed by atoms with Gasteiger partial charge in [-0.05, 0) is 50.2 Å². The van der Waals surface area contributed by atoms with Crippen molar-refractivity contribution in [3.05, 3.63) is 88.0 Å². The number of aromatic hydroxyl groups is 1. The highest BCUT2D eigenvalue weighted by Gasteiger charge is 2.34. The third kappa shape index (κ3) is 4.84. The fraction of sp³-hybridized carbons (Fsp3) is 0.200. The van der Waals surface area contributed by atoms with E-state index >= 15 is 0 Å². The number of phenols is 1. The molecule has 1 atom stereocenters. The highest BCUT2D eigenvalue weighted by molar-refractivity contribution is 7.90. The average molecular weight is 535 g/mol. The van der Waals surface area contributed by atoms with Gasteiger partial charge in [-0.3, -0.25) is 0 Å². The maximum Gasteiger partial charge on any atom is 0.573 e. The van der Waals surface area contributed by atoms with Crippen LogP contribution in [0.25, 0.3) is 10.9 Å². The van der Waals surface area contributed by atoms with E-state index in [9.17, 15) is 31.6 Å². The molecule has 0 aliphatic heterocycles. The number of nitroso groups, excluding NO2 is 1. The van der Waals surface area contributed by atoms with Gasteiger partial charge in [-0.15, -0.1) is 18.1 Å². The summed E-state index contributed by atoms with van der Waals surface area (Å²) in [5.74, 6) is -0.670. The van der Waals surface area contributed by atoms with Gasteiger partial charge in [-0.25, -0.2) is 12.4 Å². The summed E-state index contributed by atoms with van der Waals surface area (Å²) < 4.78 is 76.2. The van der Waals surface area contributed by atoms with Crippen molar-refractivity contribution in [3.8, 4) is 17.2 Å². The van der Waals surface area contributed by atoms with Crippen molar-refractivity contribution >= 4 is 20.9 Å². The van der Waals surface area contributed by atoms with Crippen LogP contribution in [0, 0.1) is 18.8 Å². The van der Waals surface area contributed by atoms with E-state index in [-0.39, 0.29) is 38.4 Å². The summed E-state index contributed by atoms with van der Waals surface area (Å²) in [6.07, 6.45) is -5.01. The zero-order valence-corrected chi connectivity index (χ0v) is 20.6. The lowest BCUT2D eigenvalue weighted by molar-refractivity contribution is -0.274. The predicted molar refractivity (Wildman–Crippen MR) is 129 cm³/mol. The van der Waals surface area contributed by atoms with Crippen LogP contribution in [0.4, 0.5) is 13.2 Å². The largest absolute Gasteiger partial charge is 0.573 e. The number of fused-ring (bicyclic) bond motifs is 1. The van der Waals surface area contributed by atoms with E-state index in [0.717, 1.165) is 21.7 Å². The maximum atomic E-state index is 13.7. The number of hydrogen-bond donors (Lipinski definition) is 1. The Hall–Kier alpha value is -4.06. The number of nitrogens with zero attached hydrogens (tertiary/aromatic N) is 2. The zero-order chi connectivity index (χ0) is 27.1. The minimum absolute atomic E-state index is 0.0274. The highest BCUT2D eigenvalue weighted by atomic mass is 32.2. The molecule has 12 heteroatoms. The predicted octanol–water partition coefficient (Wildman–Crippen LogP) is 5.96. The van der Waals surface area contributed by atoms with Crippen LogP contribution in [0.5, 0.6) is 17.2 Å². The number of phenolic OH excluding ortho intramolecular Hbond substituents is 1. The van der Waals surface area contributed by atoms with Crippen molar-refractivity contribution in [1.29, 1.82) is 0 Å². The summed E-state index contributed by atoms with van der Waals surface area (Å²) in [6.45, 7) is 3.18. The standard InChI is InChI=1S/C25H21F3N2O6S/c1-14-4-8-18(9-5-14)37(33,34)30-15(2)23(19-10-7-17(12-21(19)30)36-25(26,27)28)24(29-32)20-11-6-16(35-3)13-22(20)31/h4-13,24,31H,1-3H3. The van der Waals surface area contributed by atoms with Gasteiger partial charge in [0.1, 0.15) is 23.3 Å². The van der Waals surface area contributed by atoms with Crippen molar-refractivity contribution in [2.45, 2.75) is 31.1 Å². The van der Waals surface area contributed by atoms with E-state index in [1.807, 2.05) is 0 Å². The van der Waals surface area contributed by atoms with Gasteiger partial charge in [0.05, 0.1) is 17.5 Å². The van der Waals surface area contributed by atoms with E-state index in [1.165, 1.54) is 50.4 Å². The smallest absolute Gasteiger partial charge is 0.507 e. The van der Waals surface area contributed by atoms with E-state index in [1.54, 1.807) is 19.1 Å². The molecule has 0 radical (unpaired) electrons. The van der Waals surface area contributed by atoms with E-state index in [4.69, 9.17) is 4.74 Å². The summed E-state index contributed by atoms with van der Waals surface area (Å²) in [5, 5.41) is 13.8. The summed E-state index contributed by atoms with van der Waals surface area (Å²) >= 11 is 0. The number of ether oxygens (including phenoxy) is 2. The first-order chi connectivity index (χ1) is 17.4. The lowest BCUT2D eigenvalue weighted by atomic mass is 9.96. The van der Waals surface area contributed by atoms with Crippen LogP contribution in [0.3, 0.4) is 0 Å². The molecule has 1 N–H and O–H groups in total. The second-order valence-corrected chi connectivity index (χ2v) is 10.0. The molecule has 4 rings (SSSR count). The first-order valence-electron chi connectivity index (χ1n) is 10.8. The van der Waals surface area contributed by atoms with Crippen LogP contribution in [-0.4, -0.2) is 31.0 Å². The van der Waals surface area contributed by atoms with Gasteiger partial charge in [0.25, 0.3) is 10.0 Å². The molecule has 0 saturated heterocycles. The molecule has 4 aromatic rings.